The first-order valence-corrected chi connectivity index (χ1v) is 21.6. The molecule has 3 N–H and O–H groups in total. The summed E-state index contributed by atoms with van der Waals surface area (Å²) in [5.74, 6) is -1.03. The lowest BCUT2D eigenvalue weighted by Gasteiger charge is -2.20. The minimum absolute atomic E-state index is 0.186. The Morgan fingerprint density at radius 2 is 0.820 bits per heavy atom. The molecule has 11 heteroatoms. The minimum Gasteiger partial charge on any atom is -0.457 e. The third-order valence-corrected chi connectivity index (χ3v) is 9.68. The maximum atomic E-state index is 12.2. The molecule has 0 heterocycles. The Morgan fingerprint density at radius 1 is 0.520 bits per heavy atom. The van der Waals surface area contributed by atoms with Crippen LogP contribution in [0.1, 0.15) is 187 Å². The summed E-state index contributed by atoms with van der Waals surface area (Å²) in [6.07, 6.45) is 32.8. The Hall–Kier alpha value is -1.29. The molecule has 0 aromatic carbocycles. The fourth-order valence-electron chi connectivity index (χ4n) is 5.58. The van der Waals surface area contributed by atoms with Crippen molar-refractivity contribution in [3.05, 3.63) is 12.2 Å². The third-order valence-electron chi connectivity index (χ3n) is 8.73. The molecule has 0 spiro atoms. The van der Waals surface area contributed by atoms with Crippen LogP contribution in [-0.4, -0.2) is 65.7 Å². The molecular weight excluding hydrogens is 659 g/mol. The van der Waals surface area contributed by atoms with E-state index in [2.05, 4.69) is 26.0 Å². The van der Waals surface area contributed by atoms with Gasteiger partial charge in [-0.05, 0) is 38.5 Å². The number of esters is 2. The number of allylic oxidation sites excluding steroid dienone is 2. The van der Waals surface area contributed by atoms with E-state index >= 15 is 0 Å². The number of carbonyl (C=O) groups excluding carboxylic acids is 2. The molecule has 3 unspecified atom stereocenters. The molecule has 296 valence electrons. The van der Waals surface area contributed by atoms with Crippen LogP contribution in [-0.2, 0) is 32.7 Å². The van der Waals surface area contributed by atoms with Crippen LogP contribution in [0.3, 0.4) is 0 Å². The molecule has 0 saturated heterocycles. The Bertz CT molecular complexity index is 853. The lowest BCUT2D eigenvalue weighted by molar-refractivity contribution is -0.153. The van der Waals surface area contributed by atoms with Crippen molar-refractivity contribution in [3.8, 4) is 0 Å². The van der Waals surface area contributed by atoms with E-state index in [4.69, 9.17) is 18.5 Å². The van der Waals surface area contributed by atoms with Crippen LogP contribution in [0.2, 0.25) is 0 Å². The number of rotatable bonds is 38. The highest BCUT2D eigenvalue weighted by atomic mass is 31.2. The van der Waals surface area contributed by atoms with Crippen LogP contribution in [0, 0.1) is 0 Å². The quantitative estimate of drug-likeness (QED) is 0.0242. The van der Waals surface area contributed by atoms with Gasteiger partial charge in [0.05, 0.1) is 26.4 Å². The van der Waals surface area contributed by atoms with Gasteiger partial charge in [-0.2, -0.15) is 0 Å². The molecule has 0 aliphatic carbocycles. The maximum Gasteiger partial charge on any atom is 0.472 e. The molecule has 0 aromatic heterocycles. The van der Waals surface area contributed by atoms with E-state index in [0.29, 0.717) is 12.8 Å². The lowest BCUT2D eigenvalue weighted by atomic mass is 10.0. The van der Waals surface area contributed by atoms with Gasteiger partial charge in [0.2, 0.25) is 0 Å². The molecule has 0 rings (SSSR count). The topological polar surface area (TPSA) is 149 Å². The molecule has 0 radical (unpaired) electrons. The zero-order valence-electron chi connectivity index (χ0n) is 31.9. The number of aliphatic hydroxyl groups excluding tert-OH is 2. The number of phosphoric acid groups is 1. The van der Waals surface area contributed by atoms with Gasteiger partial charge in [0.1, 0.15) is 12.2 Å². The molecular formula is C39H75O10P. The molecule has 0 bridgehead atoms. The summed E-state index contributed by atoms with van der Waals surface area (Å²) in [5, 5.41) is 18.9. The predicted octanol–water partition coefficient (Wildman–Crippen LogP) is 10.1. The molecule has 0 saturated carbocycles. The van der Waals surface area contributed by atoms with Crippen LogP contribution in [0.15, 0.2) is 12.2 Å². The number of hydrogen-bond acceptors (Lipinski definition) is 9. The highest BCUT2D eigenvalue weighted by molar-refractivity contribution is 7.47. The molecule has 3 atom stereocenters. The van der Waals surface area contributed by atoms with E-state index < -0.39 is 58.4 Å². The molecule has 10 nitrogen and oxygen atoms in total. The van der Waals surface area contributed by atoms with E-state index in [9.17, 15) is 29.3 Å². The van der Waals surface area contributed by atoms with Crippen molar-refractivity contribution < 1.29 is 47.8 Å². The van der Waals surface area contributed by atoms with E-state index in [1.165, 1.54) is 109 Å². The van der Waals surface area contributed by atoms with Crippen LogP contribution in [0.25, 0.3) is 0 Å². The zero-order chi connectivity index (χ0) is 37.0. The van der Waals surface area contributed by atoms with Crippen LogP contribution < -0.4 is 0 Å². The lowest BCUT2D eigenvalue weighted by Crippen LogP contribution is -2.28. The van der Waals surface area contributed by atoms with E-state index in [1.807, 2.05) is 0 Å². The van der Waals surface area contributed by atoms with Crippen molar-refractivity contribution in [1.29, 1.82) is 0 Å². The largest absolute Gasteiger partial charge is 0.472 e. The van der Waals surface area contributed by atoms with Crippen molar-refractivity contribution in [2.75, 3.05) is 26.4 Å². The summed E-state index contributed by atoms with van der Waals surface area (Å²) >= 11 is 0. The minimum atomic E-state index is -4.61. The molecule has 0 aromatic rings. The van der Waals surface area contributed by atoms with Crippen molar-refractivity contribution >= 4 is 19.8 Å². The van der Waals surface area contributed by atoms with Crippen molar-refractivity contribution in [2.24, 2.45) is 0 Å². The number of unbranched alkanes of at least 4 members (excludes halogenated alkanes) is 22. The SMILES string of the molecule is CCCCCCCCCC/C=C\CCCCCCCCCCCCCC(=O)OC(CO)COP(=O)(O)OCC(CO)OC(=O)CCCCCC. The number of hydrogen-bond donors (Lipinski definition) is 3. The van der Waals surface area contributed by atoms with Gasteiger partial charge in [0, 0.05) is 12.8 Å². The smallest absolute Gasteiger partial charge is 0.457 e. The normalized spacial score (nSPS) is 14.1. The van der Waals surface area contributed by atoms with Gasteiger partial charge >= 0.3 is 19.8 Å². The molecule has 0 aliphatic rings. The summed E-state index contributed by atoms with van der Waals surface area (Å²) in [6.45, 7) is 2.06. The van der Waals surface area contributed by atoms with E-state index in [1.54, 1.807) is 0 Å². The Balaban J connectivity index is 3.75. The summed E-state index contributed by atoms with van der Waals surface area (Å²) in [4.78, 5) is 34.0. The highest BCUT2D eigenvalue weighted by Gasteiger charge is 2.27. The fraction of sp³-hybridized carbons (Fsp3) is 0.897. The first-order valence-electron chi connectivity index (χ1n) is 20.1. The fourth-order valence-corrected chi connectivity index (χ4v) is 6.36. The molecule has 50 heavy (non-hydrogen) atoms. The van der Waals surface area contributed by atoms with Crippen LogP contribution >= 0.6 is 7.82 Å². The summed E-state index contributed by atoms with van der Waals surface area (Å²) in [7, 11) is -4.61. The summed E-state index contributed by atoms with van der Waals surface area (Å²) in [5.41, 5.74) is 0. The zero-order valence-corrected chi connectivity index (χ0v) is 32.8. The van der Waals surface area contributed by atoms with Gasteiger partial charge < -0.3 is 24.6 Å². The van der Waals surface area contributed by atoms with Crippen LogP contribution in [0.5, 0.6) is 0 Å². The highest BCUT2D eigenvalue weighted by Crippen LogP contribution is 2.43. The maximum absolute atomic E-state index is 12.2. The molecule has 0 aliphatic heterocycles. The second-order valence-corrected chi connectivity index (χ2v) is 15.1. The van der Waals surface area contributed by atoms with Crippen molar-refractivity contribution in [2.45, 2.75) is 199 Å². The average Bonchev–Trinajstić information content (AvgIpc) is 3.10. The Labute approximate surface area is 305 Å². The first-order chi connectivity index (χ1) is 24.3. The van der Waals surface area contributed by atoms with Gasteiger partial charge in [-0.3, -0.25) is 18.6 Å². The number of ether oxygens (including phenoxy) is 2. The number of carbonyl (C=O) groups is 2. The molecule has 0 fully saturated rings. The number of aliphatic hydroxyl groups is 2. The summed E-state index contributed by atoms with van der Waals surface area (Å²) < 4.78 is 32.2. The van der Waals surface area contributed by atoms with Gasteiger partial charge in [0.25, 0.3) is 0 Å². The third kappa shape index (κ3) is 33.8. The molecule has 0 amide bonds. The summed E-state index contributed by atoms with van der Waals surface area (Å²) in [6, 6.07) is 0. The van der Waals surface area contributed by atoms with E-state index in [-0.39, 0.29) is 12.8 Å². The standard InChI is InChI=1S/C39H75O10P/c1-3-5-7-9-10-11-12-13-14-15-16-17-18-19-20-21-22-23-24-25-26-27-29-31-39(43)49-37(33-41)35-47-50(44,45)46-34-36(32-40)48-38(42)30-28-8-6-4-2/h15-16,36-37,40-41H,3-14,17-35H2,1-2H3,(H,44,45)/b16-15-. The van der Waals surface area contributed by atoms with Gasteiger partial charge in [0.15, 0.2) is 0 Å². The Kier molecular flexibility index (Phi) is 35.2. The van der Waals surface area contributed by atoms with Crippen LogP contribution in [0.4, 0.5) is 0 Å². The second-order valence-electron chi connectivity index (χ2n) is 13.6. The van der Waals surface area contributed by atoms with Gasteiger partial charge in [-0.25, -0.2) is 4.57 Å². The monoisotopic (exact) mass is 735 g/mol. The average molecular weight is 735 g/mol. The predicted molar refractivity (Wildman–Crippen MR) is 201 cm³/mol. The second kappa shape index (κ2) is 36.1. The van der Waals surface area contributed by atoms with E-state index in [0.717, 1.165) is 38.5 Å². The number of phosphoric ester groups is 1. The first kappa shape index (κ1) is 48.7. The van der Waals surface area contributed by atoms with Gasteiger partial charge in [-0.1, -0.05) is 148 Å². The van der Waals surface area contributed by atoms with Crippen molar-refractivity contribution in [1.82, 2.24) is 0 Å². The van der Waals surface area contributed by atoms with Gasteiger partial charge in [-0.15, -0.1) is 0 Å². The van der Waals surface area contributed by atoms with Crippen molar-refractivity contribution in [3.63, 3.8) is 0 Å². The Morgan fingerprint density at radius 3 is 1.16 bits per heavy atom.